The molecule has 7 rings (SSSR count). The lowest BCUT2D eigenvalue weighted by molar-refractivity contribution is -0.0725. The first-order valence-electron chi connectivity index (χ1n) is 14.4. The van der Waals surface area contributed by atoms with E-state index in [1.54, 1.807) is 24.7 Å². The summed E-state index contributed by atoms with van der Waals surface area (Å²) in [4.78, 5) is 20.3. The topological polar surface area (TPSA) is 113 Å². The van der Waals surface area contributed by atoms with Crippen molar-refractivity contribution in [2.45, 2.75) is 38.3 Å². The SMILES string of the molecule is Cc1ncc(COc2cc(F)cc(Oc3ccc(-c4nc(C5CCCN(C6COC6)C5)n5ccnc(N)c45)cc3)c2)cn1. The fourth-order valence-electron chi connectivity index (χ4n) is 5.72. The van der Waals surface area contributed by atoms with Gasteiger partial charge in [0.2, 0.25) is 0 Å². The zero-order valence-corrected chi connectivity index (χ0v) is 23.8. The summed E-state index contributed by atoms with van der Waals surface area (Å²) >= 11 is 0. The van der Waals surface area contributed by atoms with E-state index in [4.69, 9.17) is 24.9 Å². The molecule has 11 heteroatoms. The summed E-state index contributed by atoms with van der Waals surface area (Å²) in [6.45, 7) is 5.67. The van der Waals surface area contributed by atoms with Gasteiger partial charge in [-0.2, -0.15) is 0 Å². The Kier molecular flexibility index (Phi) is 7.33. The molecule has 43 heavy (non-hydrogen) atoms. The number of aromatic nitrogens is 5. The molecule has 5 heterocycles. The number of hydrogen-bond donors (Lipinski definition) is 1. The summed E-state index contributed by atoms with van der Waals surface area (Å²) in [6, 6.07) is 12.3. The van der Waals surface area contributed by atoms with E-state index in [-0.39, 0.29) is 12.5 Å². The summed E-state index contributed by atoms with van der Waals surface area (Å²) in [7, 11) is 0. The number of hydrogen-bond acceptors (Lipinski definition) is 9. The minimum absolute atomic E-state index is 0.213. The van der Waals surface area contributed by atoms with Crippen LogP contribution in [0.25, 0.3) is 16.8 Å². The van der Waals surface area contributed by atoms with Crippen LogP contribution in [0.2, 0.25) is 0 Å². The maximum atomic E-state index is 14.4. The van der Waals surface area contributed by atoms with Crippen molar-refractivity contribution < 1.29 is 18.6 Å². The quantitative estimate of drug-likeness (QED) is 0.265. The minimum Gasteiger partial charge on any atom is -0.489 e. The van der Waals surface area contributed by atoms with Crippen LogP contribution in [0.4, 0.5) is 10.2 Å². The normalized spacial score (nSPS) is 17.6. The average Bonchev–Trinajstić information content (AvgIpc) is 3.37. The Bertz CT molecular complexity index is 1740. The maximum Gasteiger partial charge on any atom is 0.150 e. The van der Waals surface area contributed by atoms with E-state index >= 15 is 0 Å². The van der Waals surface area contributed by atoms with Gasteiger partial charge in [0.15, 0.2) is 0 Å². The first-order valence-corrected chi connectivity index (χ1v) is 14.4. The zero-order chi connectivity index (χ0) is 29.3. The average molecular weight is 582 g/mol. The van der Waals surface area contributed by atoms with Gasteiger partial charge < -0.3 is 19.9 Å². The van der Waals surface area contributed by atoms with Gasteiger partial charge in [-0.15, -0.1) is 0 Å². The Balaban J connectivity index is 1.11. The van der Waals surface area contributed by atoms with E-state index in [9.17, 15) is 4.39 Å². The highest BCUT2D eigenvalue weighted by molar-refractivity contribution is 5.85. The van der Waals surface area contributed by atoms with Crippen molar-refractivity contribution in [3.63, 3.8) is 0 Å². The summed E-state index contributed by atoms with van der Waals surface area (Å²) in [5.74, 6) is 3.14. The number of nitrogen functional groups attached to an aromatic ring is 1. The van der Waals surface area contributed by atoms with Gasteiger partial charge in [0.25, 0.3) is 0 Å². The van der Waals surface area contributed by atoms with Crippen LogP contribution in [0.3, 0.4) is 0 Å². The molecule has 3 aromatic heterocycles. The van der Waals surface area contributed by atoms with E-state index in [0.29, 0.717) is 34.9 Å². The first kappa shape index (κ1) is 27.2. The van der Waals surface area contributed by atoms with Crippen molar-refractivity contribution >= 4 is 11.3 Å². The summed E-state index contributed by atoms with van der Waals surface area (Å²) in [5, 5.41) is 0. The molecule has 10 nitrogen and oxygen atoms in total. The molecule has 0 saturated carbocycles. The second-order valence-corrected chi connectivity index (χ2v) is 11.1. The molecule has 2 fully saturated rings. The molecule has 5 aromatic rings. The van der Waals surface area contributed by atoms with E-state index in [0.717, 1.165) is 67.3 Å². The molecule has 2 aromatic carbocycles. The second kappa shape index (κ2) is 11.6. The molecule has 2 aliphatic heterocycles. The highest BCUT2D eigenvalue weighted by Gasteiger charge is 2.33. The van der Waals surface area contributed by atoms with Gasteiger partial charge in [-0.05, 0) is 50.6 Å². The van der Waals surface area contributed by atoms with Crippen LogP contribution in [0, 0.1) is 12.7 Å². The molecule has 1 atom stereocenters. The number of nitrogens with zero attached hydrogens (tertiary/aromatic N) is 6. The molecule has 0 spiro atoms. The van der Waals surface area contributed by atoms with E-state index < -0.39 is 5.82 Å². The standard InChI is InChI=1S/C32H32FN7O3/c1-20-36-14-21(15-37-20)17-42-27-11-24(33)12-28(13-27)43-26-6-4-22(5-7-26)29-30-31(34)35-8-10-40(30)32(38-29)23-3-2-9-39(16-23)25-18-41-19-25/h4-8,10-15,23,25H,2-3,9,16-19H2,1H3,(H2,34,35). The van der Waals surface area contributed by atoms with Crippen molar-refractivity contribution in [1.29, 1.82) is 0 Å². The molecular formula is C32H32FN7O3. The van der Waals surface area contributed by atoms with Gasteiger partial charge in [-0.1, -0.05) is 0 Å². The van der Waals surface area contributed by atoms with Crippen LogP contribution < -0.4 is 15.2 Å². The van der Waals surface area contributed by atoms with Gasteiger partial charge in [0.1, 0.15) is 58.3 Å². The predicted molar refractivity (Wildman–Crippen MR) is 159 cm³/mol. The minimum atomic E-state index is -0.463. The highest BCUT2D eigenvalue weighted by Crippen LogP contribution is 2.36. The third-order valence-corrected chi connectivity index (χ3v) is 8.01. The predicted octanol–water partition coefficient (Wildman–Crippen LogP) is 5.17. The van der Waals surface area contributed by atoms with Crippen molar-refractivity contribution in [1.82, 2.24) is 29.2 Å². The van der Waals surface area contributed by atoms with Gasteiger partial charge in [0.05, 0.1) is 19.3 Å². The smallest absolute Gasteiger partial charge is 0.150 e. The third-order valence-electron chi connectivity index (χ3n) is 8.01. The Hall–Kier alpha value is -4.61. The number of piperidine rings is 1. The Morgan fingerprint density at radius 3 is 2.58 bits per heavy atom. The molecule has 0 amide bonds. The molecule has 2 aliphatic rings. The zero-order valence-electron chi connectivity index (χ0n) is 23.8. The number of nitrogens with two attached hydrogens (primary N) is 1. The summed E-state index contributed by atoms with van der Waals surface area (Å²) in [6.07, 6.45) is 9.22. The van der Waals surface area contributed by atoms with Crippen LogP contribution >= 0.6 is 0 Å². The highest BCUT2D eigenvalue weighted by atomic mass is 19.1. The van der Waals surface area contributed by atoms with Crippen LogP contribution in [0.1, 0.15) is 36.0 Å². The molecule has 1 unspecified atom stereocenters. The van der Waals surface area contributed by atoms with Crippen molar-refractivity contribution in [3.05, 3.63) is 90.3 Å². The fraction of sp³-hybridized carbons (Fsp3) is 0.312. The first-order chi connectivity index (χ1) is 21.0. The lowest BCUT2D eigenvalue weighted by Gasteiger charge is -2.41. The number of fused-ring (bicyclic) bond motifs is 1. The molecule has 220 valence electrons. The number of imidazole rings is 1. The van der Waals surface area contributed by atoms with Gasteiger partial charge >= 0.3 is 0 Å². The second-order valence-electron chi connectivity index (χ2n) is 11.1. The number of aryl methyl sites for hydroxylation is 1. The number of anilines is 1. The van der Waals surface area contributed by atoms with Crippen LogP contribution in [-0.4, -0.2) is 61.6 Å². The van der Waals surface area contributed by atoms with E-state index in [1.807, 2.05) is 37.4 Å². The molecule has 0 aliphatic carbocycles. The number of benzene rings is 2. The van der Waals surface area contributed by atoms with E-state index in [2.05, 4.69) is 24.3 Å². The number of halogens is 1. The van der Waals surface area contributed by atoms with Crippen molar-refractivity contribution in [2.75, 3.05) is 32.0 Å². The Labute approximate surface area is 248 Å². The molecule has 2 N–H and O–H groups in total. The summed E-state index contributed by atoms with van der Waals surface area (Å²) < 4.78 is 33.7. The van der Waals surface area contributed by atoms with Gasteiger partial charge in [0, 0.05) is 66.6 Å². The third kappa shape index (κ3) is 5.73. The van der Waals surface area contributed by atoms with Crippen molar-refractivity contribution in [2.24, 2.45) is 0 Å². The number of likely N-dealkylation sites (tertiary alicyclic amines) is 1. The molecular weight excluding hydrogens is 549 g/mol. The molecule has 0 radical (unpaired) electrons. The lowest BCUT2D eigenvalue weighted by atomic mass is 9.95. The maximum absolute atomic E-state index is 14.4. The fourth-order valence-corrected chi connectivity index (χ4v) is 5.72. The Morgan fingerprint density at radius 2 is 1.81 bits per heavy atom. The Morgan fingerprint density at radius 1 is 1.02 bits per heavy atom. The summed E-state index contributed by atoms with van der Waals surface area (Å²) in [5.41, 5.74) is 9.64. The lowest BCUT2D eigenvalue weighted by Crippen LogP contribution is -2.52. The number of ether oxygens (including phenoxy) is 3. The van der Waals surface area contributed by atoms with Crippen molar-refractivity contribution in [3.8, 4) is 28.5 Å². The van der Waals surface area contributed by atoms with Gasteiger partial charge in [-0.3, -0.25) is 9.30 Å². The molecule has 2 saturated heterocycles. The van der Waals surface area contributed by atoms with Gasteiger partial charge in [-0.25, -0.2) is 24.3 Å². The number of rotatable bonds is 8. The van der Waals surface area contributed by atoms with Crippen LogP contribution in [0.15, 0.2) is 67.3 Å². The van der Waals surface area contributed by atoms with Crippen LogP contribution in [-0.2, 0) is 11.3 Å². The monoisotopic (exact) mass is 581 g/mol. The van der Waals surface area contributed by atoms with E-state index in [1.165, 1.54) is 12.1 Å². The van der Waals surface area contributed by atoms with Crippen LogP contribution in [0.5, 0.6) is 17.2 Å². The molecule has 0 bridgehead atoms. The largest absolute Gasteiger partial charge is 0.489 e.